The molecule has 0 N–H and O–H groups in total. The van der Waals surface area contributed by atoms with E-state index >= 15 is 0 Å². The van der Waals surface area contributed by atoms with Gasteiger partial charge in [0, 0.05) is 17.9 Å². The van der Waals surface area contributed by atoms with E-state index in [1.54, 1.807) is 12.1 Å². The molecule has 1 aromatic heterocycles. The highest BCUT2D eigenvalue weighted by Crippen LogP contribution is 2.34. The van der Waals surface area contributed by atoms with E-state index in [1.165, 1.54) is 6.26 Å². The molecule has 0 aliphatic carbocycles. The molecule has 3 nitrogen and oxygen atoms in total. The zero-order chi connectivity index (χ0) is 13.4. The van der Waals surface area contributed by atoms with Crippen LogP contribution in [0.5, 0.6) is 5.75 Å². The molecular weight excluding hydrogens is 264 g/mol. The van der Waals surface area contributed by atoms with Crippen LogP contribution in [-0.2, 0) is 12.8 Å². The van der Waals surface area contributed by atoms with E-state index in [0.717, 1.165) is 12.0 Å². The second-order valence-corrected chi connectivity index (χ2v) is 4.92. The Morgan fingerprint density at radius 1 is 1.37 bits per heavy atom. The lowest BCUT2D eigenvalue weighted by atomic mass is 9.99. The molecule has 0 spiro atoms. The Labute approximate surface area is 116 Å². The minimum absolute atomic E-state index is 0.0914. The molecule has 2 heterocycles. The molecule has 2 aromatic rings. The first kappa shape index (κ1) is 12.3. The van der Waals surface area contributed by atoms with Crippen LogP contribution in [0.3, 0.4) is 0 Å². The number of aryl methyl sites for hydroxylation is 1. The van der Waals surface area contributed by atoms with Crippen molar-refractivity contribution < 1.29 is 13.9 Å². The second-order valence-electron chi connectivity index (χ2n) is 4.48. The third-order valence-electron chi connectivity index (χ3n) is 3.30. The average Bonchev–Trinajstić information content (AvgIpc) is 3.04. The number of halogens is 1. The number of carbonyl (C=O) groups excluding carboxylic acids is 1. The van der Waals surface area contributed by atoms with Gasteiger partial charge in [-0.1, -0.05) is 18.5 Å². The van der Waals surface area contributed by atoms with E-state index in [2.05, 4.69) is 0 Å². The van der Waals surface area contributed by atoms with Gasteiger partial charge in [0.05, 0.1) is 24.0 Å². The summed E-state index contributed by atoms with van der Waals surface area (Å²) in [4.78, 5) is 12.6. The van der Waals surface area contributed by atoms with E-state index in [4.69, 9.17) is 20.8 Å². The van der Waals surface area contributed by atoms with E-state index in [-0.39, 0.29) is 5.78 Å². The minimum Gasteiger partial charge on any atom is -0.492 e. The maximum atomic E-state index is 12.6. The molecule has 0 saturated carbocycles. The van der Waals surface area contributed by atoms with Gasteiger partial charge >= 0.3 is 0 Å². The van der Waals surface area contributed by atoms with Crippen LogP contribution in [0, 0.1) is 0 Å². The molecule has 0 bridgehead atoms. The molecule has 0 radical (unpaired) electrons. The number of carbonyl (C=O) groups is 1. The van der Waals surface area contributed by atoms with Crippen LogP contribution in [0.4, 0.5) is 0 Å². The van der Waals surface area contributed by atoms with E-state index in [1.807, 2.05) is 13.0 Å². The first-order valence-corrected chi connectivity index (χ1v) is 6.64. The highest BCUT2D eigenvalue weighted by molar-refractivity contribution is 6.31. The van der Waals surface area contributed by atoms with Gasteiger partial charge in [-0.2, -0.15) is 0 Å². The van der Waals surface area contributed by atoms with E-state index < -0.39 is 0 Å². The molecule has 1 aliphatic rings. The van der Waals surface area contributed by atoms with Crippen molar-refractivity contribution in [2.45, 2.75) is 19.8 Å². The van der Waals surface area contributed by atoms with Gasteiger partial charge in [0.2, 0.25) is 0 Å². The van der Waals surface area contributed by atoms with Crippen molar-refractivity contribution in [1.82, 2.24) is 0 Å². The maximum Gasteiger partial charge on any atom is 0.200 e. The van der Waals surface area contributed by atoms with Crippen molar-refractivity contribution in [1.29, 1.82) is 0 Å². The fourth-order valence-electron chi connectivity index (χ4n) is 2.40. The van der Waals surface area contributed by atoms with Crippen molar-refractivity contribution in [3.8, 4) is 5.75 Å². The van der Waals surface area contributed by atoms with Gasteiger partial charge in [-0.25, -0.2) is 0 Å². The van der Waals surface area contributed by atoms with Crippen LogP contribution in [0.15, 0.2) is 28.9 Å². The number of hydrogen-bond acceptors (Lipinski definition) is 3. The summed E-state index contributed by atoms with van der Waals surface area (Å²) in [6.07, 6.45) is 3.01. The zero-order valence-electron chi connectivity index (χ0n) is 10.5. The van der Waals surface area contributed by atoms with Gasteiger partial charge in [0.1, 0.15) is 11.5 Å². The number of furan rings is 1. The molecule has 1 aromatic carbocycles. The Bertz CT molecular complexity index is 643. The third kappa shape index (κ3) is 2.04. The minimum atomic E-state index is -0.0914. The summed E-state index contributed by atoms with van der Waals surface area (Å²) in [6.45, 7) is 2.55. The van der Waals surface area contributed by atoms with Crippen LogP contribution in [0.1, 0.15) is 34.2 Å². The predicted octanol–water partition coefficient (Wildman–Crippen LogP) is 3.66. The number of benzene rings is 1. The fraction of sp³-hybridized carbons (Fsp3) is 0.267. The number of ether oxygens (including phenoxy) is 1. The second kappa shape index (κ2) is 4.74. The van der Waals surface area contributed by atoms with Crippen LogP contribution < -0.4 is 4.74 Å². The molecule has 98 valence electrons. The Morgan fingerprint density at radius 3 is 3.00 bits per heavy atom. The normalized spacial score (nSPS) is 13.2. The van der Waals surface area contributed by atoms with E-state index in [0.29, 0.717) is 40.7 Å². The molecule has 0 saturated heterocycles. The zero-order valence-corrected chi connectivity index (χ0v) is 11.3. The first-order chi connectivity index (χ1) is 9.20. The van der Waals surface area contributed by atoms with Crippen LogP contribution in [-0.4, -0.2) is 12.4 Å². The van der Waals surface area contributed by atoms with E-state index in [9.17, 15) is 4.79 Å². The van der Waals surface area contributed by atoms with Crippen molar-refractivity contribution >= 4 is 17.4 Å². The van der Waals surface area contributed by atoms with Crippen molar-refractivity contribution in [2.24, 2.45) is 0 Å². The largest absolute Gasteiger partial charge is 0.492 e. The fourth-order valence-corrected chi connectivity index (χ4v) is 2.64. The van der Waals surface area contributed by atoms with Crippen molar-refractivity contribution in [2.75, 3.05) is 6.61 Å². The molecule has 1 aliphatic heterocycles. The molecule has 3 rings (SSSR count). The molecule has 0 unspecified atom stereocenters. The number of fused-ring (bicyclic) bond motifs is 1. The predicted molar refractivity (Wildman–Crippen MR) is 72.2 cm³/mol. The molecular formula is C15H13ClO3. The molecule has 0 amide bonds. The highest BCUT2D eigenvalue weighted by atomic mass is 35.5. The van der Waals surface area contributed by atoms with Crippen molar-refractivity contribution in [3.05, 3.63) is 51.9 Å². The maximum absolute atomic E-state index is 12.6. The van der Waals surface area contributed by atoms with Gasteiger partial charge in [0.25, 0.3) is 0 Å². The van der Waals surface area contributed by atoms with Gasteiger partial charge in [-0.3, -0.25) is 4.79 Å². The van der Waals surface area contributed by atoms with Gasteiger partial charge < -0.3 is 9.15 Å². The third-order valence-corrected chi connectivity index (χ3v) is 3.52. The Hall–Kier alpha value is -1.74. The Balaban J connectivity index is 2.10. The summed E-state index contributed by atoms with van der Waals surface area (Å²) >= 11 is 6.08. The van der Waals surface area contributed by atoms with Crippen LogP contribution in [0.25, 0.3) is 0 Å². The van der Waals surface area contributed by atoms with Gasteiger partial charge in [0.15, 0.2) is 5.78 Å². The summed E-state index contributed by atoms with van der Waals surface area (Å²) in [7, 11) is 0. The molecule has 0 fully saturated rings. The monoisotopic (exact) mass is 276 g/mol. The van der Waals surface area contributed by atoms with Crippen molar-refractivity contribution in [3.63, 3.8) is 0 Å². The lowest BCUT2D eigenvalue weighted by Crippen LogP contribution is -2.05. The summed E-state index contributed by atoms with van der Waals surface area (Å²) < 4.78 is 10.9. The molecule has 19 heavy (non-hydrogen) atoms. The quantitative estimate of drug-likeness (QED) is 0.803. The van der Waals surface area contributed by atoms with Gasteiger partial charge in [-0.15, -0.1) is 0 Å². The lowest BCUT2D eigenvalue weighted by molar-refractivity contribution is 0.103. The average molecular weight is 277 g/mol. The summed E-state index contributed by atoms with van der Waals surface area (Å²) in [5, 5.41) is 0.564. The SMILES string of the molecule is CCc1occc1C(=O)c1cc(Cl)cc2c1OCC2. The number of hydrogen-bond donors (Lipinski definition) is 0. The summed E-state index contributed by atoms with van der Waals surface area (Å²) in [5.41, 5.74) is 2.11. The molecule has 4 heteroatoms. The van der Waals surface area contributed by atoms with Crippen LogP contribution >= 0.6 is 11.6 Å². The first-order valence-electron chi connectivity index (χ1n) is 6.27. The smallest absolute Gasteiger partial charge is 0.200 e. The topological polar surface area (TPSA) is 39.4 Å². The van der Waals surface area contributed by atoms with Crippen LogP contribution in [0.2, 0.25) is 5.02 Å². The summed E-state index contributed by atoms with van der Waals surface area (Å²) in [5.74, 6) is 1.26. The summed E-state index contributed by atoms with van der Waals surface area (Å²) in [6, 6.07) is 5.22. The molecule has 0 atom stereocenters. The highest BCUT2D eigenvalue weighted by Gasteiger charge is 2.24. The Kier molecular flexibility index (Phi) is 3.07. The number of rotatable bonds is 3. The van der Waals surface area contributed by atoms with Gasteiger partial charge in [-0.05, 0) is 23.8 Å². The Morgan fingerprint density at radius 2 is 2.21 bits per heavy atom. The number of ketones is 1. The lowest BCUT2D eigenvalue weighted by Gasteiger charge is -2.08. The standard InChI is InChI=1S/C15H13ClO3/c1-2-13-11(4-6-18-13)14(17)12-8-10(16)7-9-3-5-19-15(9)12/h4,6-8H,2-3,5H2,1H3.